The molecule has 0 bridgehead atoms. The van der Waals surface area contributed by atoms with E-state index in [-0.39, 0.29) is 11.2 Å². The van der Waals surface area contributed by atoms with Crippen molar-refractivity contribution >= 4 is 28.4 Å². The Labute approximate surface area is 97.6 Å². The minimum Gasteiger partial charge on any atom is -0.360 e. The molecule has 2 aromatic rings. The number of benzene rings is 1. The first-order valence-corrected chi connectivity index (χ1v) is 6.36. The second kappa shape index (κ2) is 3.96. The van der Waals surface area contributed by atoms with Crippen LogP contribution in [0.4, 0.5) is 0 Å². The number of rotatable bonds is 2. The van der Waals surface area contributed by atoms with Crippen LogP contribution >= 0.6 is 11.8 Å². The third-order valence-corrected chi connectivity index (χ3v) is 3.96. The summed E-state index contributed by atoms with van der Waals surface area (Å²) in [6, 6.07) is 7.90. The molecule has 16 heavy (non-hydrogen) atoms. The molecule has 0 saturated carbocycles. The molecule has 3 nitrogen and oxygen atoms in total. The number of nitrogens with one attached hydrogen (secondary N) is 2. The molecule has 0 radical (unpaired) electrons. The van der Waals surface area contributed by atoms with Crippen LogP contribution in [0.3, 0.4) is 0 Å². The highest BCUT2D eigenvalue weighted by atomic mass is 32.2. The van der Waals surface area contributed by atoms with Crippen LogP contribution in [-0.2, 0) is 0 Å². The fourth-order valence-electron chi connectivity index (χ4n) is 2.01. The largest absolute Gasteiger partial charge is 0.360 e. The Morgan fingerprint density at radius 3 is 3.06 bits per heavy atom. The number of H-pyrrole nitrogens is 1. The van der Waals surface area contributed by atoms with Gasteiger partial charge in [0.05, 0.1) is 0 Å². The zero-order valence-corrected chi connectivity index (χ0v) is 9.51. The van der Waals surface area contributed by atoms with Crippen molar-refractivity contribution in [1.82, 2.24) is 10.3 Å². The molecule has 1 atom stereocenters. The van der Waals surface area contributed by atoms with Gasteiger partial charge in [0.2, 0.25) is 0 Å². The van der Waals surface area contributed by atoms with Crippen LogP contribution in [0.1, 0.15) is 10.4 Å². The maximum Gasteiger partial charge on any atom is 0.192 e. The second-order valence-electron chi connectivity index (χ2n) is 3.82. The fourth-order valence-corrected chi connectivity index (χ4v) is 3.00. The first-order valence-electron chi connectivity index (χ1n) is 5.31. The van der Waals surface area contributed by atoms with E-state index in [1.165, 1.54) is 0 Å². The Morgan fingerprint density at radius 1 is 1.38 bits per heavy atom. The molecule has 3 rings (SSSR count). The number of hydrogen-bond donors (Lipinski definition) is 2. The number of para-hydroxylation sites is 1. The highest BCUT2D eigenvalue weighted by Gasteiger charge is 2.25. The number of hydrogen-bond acceptors (Lipinski definition) is 3. The summed E-state index contributed by atoms with van der Waals surface area (Å²) in [6.45, 7) is 0.920. The Hall–Kier alpha value is -1.26. The number of thioether (sulfide) groups is 1. The van der Waals surface area contributed by atoms with E-state index in [9.17, 15) is 4.79 Å². The molecular formula is C12H12N2OS. The normalized spacial score (nSPS) is 20.4. The van der Waals surface area contributed by atoms with Crippen LogP contribution < -0.4 is 5.32 Å². The molecule has 0 aliphatic carbocycles. The first kappa shape index (κ1) is 9.93. The Bertz CT molecular complexity index is 529. The Balaban J connectivity index is 2.02. The average Bonchev–Trinajstić information content (AvgIpc) is 2.98. The van der Waals surface area contributed by atoms with E-state index in [2.05, 4.69) is 10.3 Å². The van der Waals surface area contributed by atoms with Gasteiger partial charge in [0.1, 0.15) is 5.37 Å². The van der Waals surface area contributed by atoms with Crippen molar-refractivity contribution < 1.29 is 4.79 Å². The maximum absolute atomic E-state index is 12.2. The first-order chi connectivity index (χ1) is 7.86. The monoisotopic (exact) mass is 232 g/mol. The Morgan fingerprint density at radius 2 is 2.25 bits per heavy atom. The van der Waals surface area contributed by atoms with E-state index < -0.39 is 0 Å². The number of ketones is 1. The molecule has 0 spiro atoms. The molecule has 0 amide bonds. The lowest BCUT2D eigenvalue weighted by molar-refractivity contribution is 0.0983. The van der Waals surface area contributed by atoms with Crippen LogP contribution in [-0.4, -0.2) is 28.4 Å². The summed E-state index contributed by atoms with van der Waals surface area (Å²) in [6.07, 6.45) is 1.81. The summed E-state index contributed by atoms with van der Waals surface area (Å²) in [5, 5.41) is 4.15. The topological polar surface area (TPSA) is 44.9 Å². The summed E-state index contributed by atoms with van der Waals surface area (Å²) in [4.78, 5) is 15.4. The average molecular weight is 232 g/mol. The van der Waals surface area contributed by atoms with E-state index >= 15 is 0 Å². The third-order valence-electron chi connectivity index (χ3n) is 2.81. The van der Waals surface area contributed by atoms with Gasteiger partial charge >= 0.3 is 0 Å². The van der Waals surface area contributed by atoms with E-state index in [4.69, 9.17) is 0 Å². The van der Waals surface area contributed by atoms with Crippen molar-refractivity contribution in [3.63, 3.8) is 0 Å². The zero-order valence-electron chi connectivity index (χ0n) is 8.69. The molecule has 1 aromatic heterocycles. The molecule has 82 valence electrons. The zero-order chi connectivity index (χ0) is 11.0. The van der Waals surface area contributed by atoms with Crippen LogP contribution in [0.15, 0.2) is 30.5 Å². The summed E-state index contributed by atoms with van der Waals surface area (Å²) in [5.74, 6) is 1.19. The highest BCUT2D eigenvalue weighted by molar-refractivity contribution is 8.00. The number of carbonyl (C=O) groups excluding carboxylic acids is 1. The lowest BCUT2D eigenvalue weighted by Gasteiger charge is -2.06. The molecule has 1 aliphatic rings. The van der Waals surface area contributed by atoms with E-state index in [1.807, 2.05) is 30.5 Å². The van der Waals surface area contributed by atoms with Crippen molar-refractivity contribution in [3.05, 3.63) is 36.0 Å². The molecule has 1 aromatic carbocycles. The molecular weight excluding hydrogens is 220 g/mol. The van der Waals surface area contributed by atoms with Gasteiger partial charge in [-0.15, -0.1) is 11.8 Å². The summed E-state index contributed by atoms with van der Waals surface area (Å²) >= 11 is 1.68. The summed E-state index contributed by atoms with van der Waals surface area (Å²) in [5.41, 5.74) is 1.82. The summed E-state index contributed by atoms with van der Waals surface area (Å²) in [7, 11) is 0. The predicted octanol–water partition coefficient (Wildman–Crippen LogP) is 2.01. The van der Waals surface area contributed by atoms with Gasteiger partial charge in [0, 0.05) is 35.0 Å². The van der Waals surface area contributed by atoms with Gasteiger partial charge in [-0.1, -0.05) is 18.2 Å². The SMILES string of the molecule is O=C(c1c[nH]c2ccccc12)C1NCCS1. The van der Waals surface area contributed by atoms with Gasteiger partial charge in [0.15, 0.2) is 5.78 Å². The van der Waals surface area contributed by atoms with Gasteiger partial charge in [0.25, 0.3) is 0 Å². The molecule has 4 heteroatoms. The molecule has 1 unspecified atom stereocenters. The van der Waals surface area contributed by atoms with Gasteiger partial charge < -0.3 is 4.98 Å². The summed E-state index contributed by atoms with van der Waals surface area (Å²) < 4.78 is 0. The van der Waals surface area contributed by atoms with Gasteiger partial charge in [-0.3, -0.25) is 10.1 Å². The number of aromatic amines is 1. The standard InChI is InChI=1S/C12H12N2OS/c15-11(12-13-5-6-16-12)9-7-14-10-4-2-1-3-8(9)10/h1-4,7,12-14H,5-6H2. The molecule has 1 saturated heterocycles. The lowest BCUT2D eigenvalue weighted by atomic mass is 10.1. The third kappa shape index (κ3) is 1.54. The fraction of sp³-hybridized carbons (Fsp3) is 0.250. The molecule has 1 aliphatic heterocycles. The van der Waals surface area contributed by atoms with Crippen LogP contribution in [0, 0.1) is 0 Å². The minimum absolute atomic E-state index is 0.0702. The van der Waals surface area contributed by atoms with Gasteiger partial charge in [-0.2, -0.15) is 0 Å². The van der Waals surface area contributed by atoms with E-state index in [0.29, 0.717) is 0 Å². The van der Waals surface area contributed by atoms with Gasteiger partial charge in [-0.25, -0.2) is 0 Å². The van der Waals surface area contributed by atoms with Crippen molar-refractivity contribution in [1.29, 1.82) is 0 Å². The number of Topliss-reactive ketones (excluding diaryl/α,β-unsaturated/α-hetero) is 1. The molecule has 2 heterocycles. The highest BCUT2D eigenvalue weighted by Crippen LogP contribution is 2.24. The van der Waals surface area contributed by atoms with Crippen molar-refractivity contribution in [2.24, 2.45) is 0 Å². The van der Waals surface area contributed by atoms with Crippen LogP contribution in [0.5, 0.6) is 0 Å². The van der Waals surface area contributed by atoms with Crippen molar-refractivity contribution in [2.45, 2.75) is 5.37 Å². The minimum atomic E-state index is -0.0702. The van der Waals surface area contributed by atoms with Crippen molar-refractivity contribution in [2.75, 3.05) is 12.3 Å². The van der Waals surface area contributed by atoms with Gasteiger partial charge in [-0.05, 0) is 6.07 Å². The van der Waals surface area contributed by atoms with E-state index in [1.54, 1.807) is 11.8 Å². The molecule has 2 N–H and O–H groups in total. The number of carbonyl (C=O) groups is 1. The molecule has 1 fully saturated rings. The van der Waals surface area contributed by atoms with Crippen molar-refractivity contribution in [3.8, 4) is 0 Å². The Kier molecular flexibility index (Phi) is 2.46. The van der Waals surface area contributed by atoms with E-state index in [0.717, 1.165) is 28.8 Å². The maximum atomic E-state index is 12.2. The van der Waals surface area contributed by atoms with Crippen LogP contribution in [0.25, 0.3) is 10.9 Å². The number of fused-ring (bicyclic) bond motifs is 1. The smallest absolute Gasteiger partial charge is 0.192 e. The number of aromatic nitrogens is 1. The lowest BCUT2D eigenvalue weighted by Crippen LogP contribution is -2.28. The van der Waals surface area contributed by atoms with Crippen LogP contribution in [0.2, 0.25) is 0 Å². The quantitative estimate of drug-likeness (QED) is 0.779. The predicted molar refractivity (Wildman–Crippen MR) is 66.9 cm³/mol. The second-order valence-corrected chi connectivity index (χ2v) is 5.03.